The number of nitrogens with two attached hydrogens (primary N) is 1. The Bertz CT molecular complexity index is 759. The Hall–Kier alpha value is -2.78. The number of hydrogen-bond acceptors (Lipinski definition) is 7. The summed E-state index contributed by atoms with van der Waals surface area (Å²) in [5.41, 5.74) is 2.82. The van der Waals surface area contributed by atoms with Crippen LogP contribution in [0.4, 0.5) is 0 Å². The molecule has 0 radical (unpaired) electrons. The van der Waals surface area contributed by atoms with Gasteiger partial charge in [-0.3, -0.25) is 4.79 Å². The van der Waals surface area contributed by atoms with E-state index in [9.17, 15) is 14.4 Å². The number of aromatic nitrogens is 5. The lowest BCUT2D eigenvalue weighted by Crippen LogP contribution is -2.47. The second-order valence-corrected chi connectivity index (χ2v) is 4.49. The van der Waals surface area contributed by atoms with E-state index in [2.05, 4.69) is 20.0 Å². The van der Waals surface area contributed by atoms with E-state index in [1.54, 1.807) is 0 Å². The fourth-order valence-electron chi connectivity index (χ4n) is 1.67. The third-order valence-corrected chi connectivity index (χ3v) is 2.81. The number of primary amides is 1. The van der Waals surface area contributed by atoms with E-state index < -0.39 is 23.1 Å². The summed E-state index contributed by atoms with van der Waals surface area (Å²) in [5.74, 6) is -1.49. The molecule has 2 heterocycles. The molecule has 2 aromatic heterocycles. The molecule has 0 spiro atoms. The molecule has 0 unspecified atom stereocenters. The fraction of sp³-hybridized carbons (Fsp3) is 0.400. The third kappa shape index (κ3) is 1.81. The zero-order valence-corrected chi connectivity index (χ0v) is 11.0. The lowest BCUT2D eigenvalue weighted by molar-refractivity contribution is -0.150. The third-order valence-electron chi connectivity index (χ3n) is 2.81. The van der Waals surface area contributed by atoms with Crippen molar-refractivity contribution in [1.29, 1.82) is 0 Å². The standard InChI is InChI=1S/C10H12N6O4/c1-10(2,8(18)20-3)16-9(19)15-4-12-5(6(11)17)7(15)13-14-16/h4H,1-3H3,(H2,11,17). The van der Waals surface area contributed by atoms with Gasteiger partial charge in [0.15, 0.2) is 16.9 Å². The van der Waals surface area contributed by atoms with Crippen molar-refractivity contribution in [3.8, 4) is 0 Å². The first-order chi connectivity index (χ1) is 9.30. The van der Waals surface area contributed by atoms with Crippen LogP contribution >= 0.6 is 0 Å². The maximum Gasteiger partial charge on any atom is 0.354 e. The zero-order valence-electron chi connectivity index (χ0n) is 11.0. The summed E-state index contributed by atoms with van der Waals surface area (Å²) in [6.45, 7) is 2.90. The van der Waals surface area contributed by atoms with Gasteiger partial charge in [-0.05, 0) is 13.8 Å². The zero-order chi connectivity index (χ0) is 15.1. The number of methoxy groups -OCH3 is 1. The summed E-state index contributed by atoms with van der Waals surface area (Å²) < 4.78 is 6.44. The molecule has 10 nitrogen and oxygen atoms in total. The van der Waals surface area contributed by atoms with Gasteiger partial charge in [0, 0.05) is 0 Å². The smallest absolute Gasteiger partial charge is 0.354 e. The van der Waals surface area contributed by atoms with E-state index >= 15 is 0 Å². The van der Waals surface area contributed by atoms with Gasteiger partial charge in [-0.1, -0.05) is 5.21 Å². The Morgan fingerprint density at radius 3 is 2.60 bits per heavy atom. The predicted molar refractivity (Wildman–Crippen MR) is 64.9 cm³/mol. The van der Waals surface area contributed by atoms with Gasteiger partial charge in [-0.25, -0.2) is 19.0 Å². The number of carbonyl (C=O) groups is 2. The van der Waals surface area contributed by atoms with Gasteiger partial charge < -0.3 is 10.5 Å². The monoisotopic (exact) mass is 280 g/mol. The molecule has 106 valence electrons. The van der Waals surface area contributed by atoms with E-state index in [0.717, 1.165) is 15.4 Å². The second-order valence-electron chi connectivity index (χ2n) is 4.49. The van der Waals surface area contributed by atoms with E-state index in [1.165, 1.54) is 21.0 Å². The maximum atomic E-state index is 12.3. The number of imidazole rings is 1. The number of esters is 1. The molecule has 2 rings (SSSR count). The second kappa shape index (κ2) is 4.40. The molecular weight excluding hydrogens is 268 g/mol. The summed E-state index contributed by atoms with van der Waals surface area (Å²) in [6, 6.07) is 0. The SMILES string of the molecule is COC(=O)C(C)(C)n1nnc2c(C(N)=O)ncn2c1=O. The van der Waals surface area contributed by atoms with Crippen molar-refractivity contribution in [2.24, 2.45) is 5.73 Å². The molecule has 0 aliphatic carbocycles. The molecule has 0 saturated carbocycles. The first-order valence-corrected chi connectivity index (χ1v) is 5.52. The minimum atomic E-state index is -1.36. The summed E-state index contributed by atoms with van der Waals surface area (Å²) in [4.78, 5) is 38.8. The van der Waals surface area contributed by atoms with Crippen LogP contribution in [-0.4, -0.2) is 43.4 Å². The Balaban J connectivity index is 2.71. The molecular formula is C10H12N6O4. The number of hydrogen-bond donors (Lipinski definition) is 1. The van der Waals surface area contributed by atoms with Crippen molar-refractivity contribution in [3.05, 3.63) is 22.5 Å². The number of fused-ring (bicyclic) bond motifs is 1. The minimum Gasteiger partial charge on any atom is -0.467 e. The molecule has 10 heteroatoms. The Morgan fingerprint density at radius 2 is 2.05 bits per heavy atom. The highest BCUT2D eigenvalue weighted by atomic mass is 16.5. The Morgan fingerprint density at radius 1 is 1.40 bits per heavy atom. The molecule has 2 N–H and O–H groups in total. The molecule has 0 atom stereocenters. The average molecular weight is 280 g/mol. The van der Waals surface area contributed by atoms with Crippen LogP contribution in [0.25, 0.3) is 5.65 Å². The molecule has 0 aliphatic rings. The number of amides is 1. The molecule has 1 amide bonds. The average Bonchev–Trinajstić information content (AvgIpc) is 2.82. The van der Waals surface area contributed by atoms with Crippen molar-refractivity contribution >= 4 is 17.5 Å². The quantitative estimate of drug-likeness (QED) is 0.661. The number of nitrogens with zero attached hydrogens (tertiary/aromatic N) is 5. The van der Waals surface area contributed by atoms with Gasteiger partial charge in [0.2, 0.25) is 0 Å². The molecule has 0 fully saturated rings. The van der Waals surface area contributed by atoms with Gasteiger partial charge in [0.1, 0.15) is 6.33 Å². The molecule has 0 saturated heterocycles. The summed E-state index contributed by atoms with van der Waals surface area (Å²) in [5, 5.41) is 7.36. The van der Waals surface area contributed by atoms with E-state index in [0.29, 0.717) is 0 Å². The number of ether oxygens (including phenoxy) is 1. The van der Waals surface area contributed by atoms with E-state index in [-0.39, 0.29) is 11.3 Å². The van der Waals surface area contributed by atoms with Crippen LogP contribution < -0.4 is 11.4 Å². The topological polar surface area (TPSA) is 134 Å². The van der Waals surface area contributed by atoms with Crippen molar-refractivity contribution in [2.45, 2.75) is 19.4 Å². The molecule has 20 heavy (non-hydrogen) atoms. The molecule has 2 aromatic rings. The highest BCUT2D eigenvalue weighted by Crippen LogP contribution is 2.13. The fourth-order valence-corrected chi connectivity index (χ4v) is 1.67. The van der Waals surface area contributed by atoms with Crippen molar-refractivity contribution in [1.82, 2.24) is 24.4 Å². The maximum absolute atomic E-state index is 12.3. The van der Waals surface area contributed by atoms with Crippen molar-refractivity contribution in [2.75, 3.05) is 7.11 Å². The normalized spacial score (nSPS) is 11.6. The highest BCUT2D eigenvalue weighted by molar-refractivity contribution is 5.96. The first-order valence-electron chi connectivity index (χ1n) is 5.52. The lowest BCUT2D eigenvalue weighted by Gasteiger charge is -2.21. The van der Waals surface area contributed by atoms with Crippen LogP contribution in [0.5, 0.6) is 0 Å². The van der Waals surface area contributed by atoms with Crippen LogP contribution in [0.2, 0.25) is 0 Å². The summed E-state index contributed by atoms with van der Waals surface area (Å²) in [6.07, 6.45) is 1.09. The van der Waals surface area contributed by atoms with E-state index in [4.69, 9.17) is 5.73 Å². The largest absolute Gasteiger partial charge is 0.467 e. The van der Waals surface area contributed by atoms with Crippen LogP contribution in [0.3, 0.4) is 0 Å². The number of rotatable bonds is 3. The van der Waals surface area contributed by atoms with Crippen LogP contribution in [0.15, 0.2) is 11.1 Å². The molecule has 0 aromatic carbocycles. The van der Waals surface area contributed by atoms with Gasteiger partial charge in [0.25, 0.3) is 5.91 Å². The Kier molecular flexibility index (Phi) is 3.00. The minimum absolute atomic E-state index is 0.0700. The molecule has 0 bridgehead atoms. The van der Waals surface area contributed by atoms with Gasteiger partial charge in [0.05, 0.1) is 7.11 Å². The summed E-state index contributed by atoms with van der Waals surface area (Å²) >= 11 is 0. The first kappa shape index (κ1) is 13.6. The lowest BCUT2D eigenvalue weighted by atomic mass is 10.1. The van der Waals surface area contributed by atoms with Gasteiger partial charge in [-0.2, -0.15) is 4.68 Å². The molecule has 0 aliphatic heterocycles. The van der Waals surface area contributed by atoms with Gasteiger partial charge in [-0.15, -0.1) is 5.10 Å². The summed E-state index contributed by atoms with van der Waals surface area (Å²) in [7, 11) is 1.20. The van der Waals surface area contributed by atoms with Crippen LogP contribution in [-0.2, 0) is 15.1 Å². The van der Waals surface area contributed by atoms with Gasteiger partial charge >= 0.3 is 11.7 Å². The van der Waals surface area contributed by atoms with E-state index in [1.807, 2.05) is 0 Å². The number of carbonyl (C=O) groups excluding carboxylic acids is 2. The van der Waals surface area contributed by atoms with Crippen LogP contribution in [0, 0.1) is 0 Å². The van der Waals surface area contributed by atoms with Crippen LogP contribution in [0.1, 0.15) is 24.3 Å². The highest BCUT2D eigenvalue weighted by Gasteiger charge is 2.34. The van der Waals surface area contributed by atoms with Crippen molar-refractivity contribution < 1.29 is 14.3 Å². The van der Waals surface area contributed by atoms with Crippen molar-refractivity contribution in [3.63, 3.8) is 0 Å². The predicted octanol–water partition coefficient (Wildman–Crippen LogP) is -1.71. The Labute approximate surface area is 112 Å².